The Labute approximate surface area is 179 Å². The van der Waals surface area contributed by atoms with Crippen LogP contribution in [0, 0.1) is 0 Å². The number of pyridine rings is 1. The first-order chi connectivity index (χ1) is 14.2. The van der Waals surface area contributed by atoms with Gasteiger partial charge in [0.15, 0.2) is 0 Å². The summed E-state index contributed by atoms with van der Waals surface area (Å²) in [6, 6.07) is 12.1. The zero-order chi connectivity index (χ0) is 20.1. The molecule has 0 atom stereocenters. The summed E-state index contributed by atoms with van der Waals surface area (Å²) in [7, 11) is 0. The van der Waals surface area contributed by atoms with Crippen molar-refractivity contribution in [2.45, 2.75) is 18.3 Å². The molecule has 154 valence electrons. The molecule has 1 N–H and O–H groups in total. The molecule has 29 heavy (non-hydrogen) atoms. The maximum absolute atomic E-state index is 12.8. The molecule has 7 heteroatoms. The van der Waals surface area contributed by atoms with Gasteiger partial charge in [-0.15, -0.1) is 0 Å². The monoisotopic (exact) mass is 459 g/mol. The molecular formula is C22H26BrN3O3. The third-order valence-electron chi connectivity index (χ3n) is 5.82. The fraction of sp³-hybridized carbons (Fsp3) is 0.455. The summed E-state index contributed by atoms with van der Waals surface area (Å²) in [4.78, 5) is 19.5. The summed E-state index contributed by atoms with van der Waals surface area (Å²) in [5, 5.41) is 3.14. The van der Waals surface area contributed by atoms with Crippen LogP contribution >= 0.6 is 15.9 Å². The number of hydrogen-bond acceptors (Lipinski definition) is 5. The van der Waals surface area contributed by atoms with Crippen molar-refractivity contribution in [1.82, 2.24) is 10.3 Å². The van der Waals surface area contributed by atoms with Crippen molar-refractivity contribution in [1.29, 1.82) is 0 Å². The number of rotatable bonds is 5. The van der Waals surface area contributed by atoms with Crippen LogP contribution in [0.5, 0.6) is 0 Å². The molecule has 6 nitrogen and oxygen atoms in total. The molecule has 1 aromatic carbocycles. The molecule has 3 heterocycles. The molecule has 1 aromatic heterocycles. The lowest BCUT2D eigenvalue weighted by molar-refractivity contribution is 0.0487. The average molecular weight is 460 g/mol. The van der Waals surface area contributed by atoms with E-state index in [1.54, 1.807) is 6.20 Å². The Balaban J connectivity index is 1.44. The fourth-order valence-electron chi connectivity index (χ4n) is 4.00. The molecule has 2 aliphatic heterocycles. The molecule has 0 bridgehead atoms. The minimum absolute atomic E-state index is 0.0908. The lowest BCUT2D eigenvalue weighted by Crippen LogP contribution is -2.44. The van der Waals surface area contributed by atoms with Gasteiger partial charge in [-0.05, 0) is 42.7 Å². The van der Waals surface area contributed by atoms with E-state index in [9.17, 15) is 4.79 Å². The van der Waals surface area contributed by atoms with Crippen molar-refractivity contribution in [3.8, 4) is 0 Å². The first-order valence-electron chi connectivity index (χ1n) is 10.1. The van der Waals surface area contributed by atoms with Crippen LogP contribution in [0.2, 0.25) is 0 Å². The van der Waals surface area contributed by atoms with Crippen molar-refractivity contribution in [3.63, 3.8) is 0 Å². The van der Waals surface area contributed by atoms with Gasteiger partial charge >= 0.3 is 0 Å². The maximum atomic E-state index is 12.8. The molecule has 0 aliphatic carbocycles. The minimum Gasteiger partial charge on any atom is -0.381 e. The van der Waals surface area contributed by atoms with Crippen LogP contribution in [0.4, 0.5) is 5.82 Å². The van der Waals surface area contributed by atoms with E-state index in [2.05, 4.69) is 43.3 Å². The predicted octanol–water partition coefficient (Wildman–Crippen LogP) is 3.16. The van der Waals surface area contributed by atoms with E-state index >= 15 is 0 Å². The number of morpholine rings is 1. The highest BCUT2D eigenvalue weighted by Gasteiger charge is 2.35. The molecule has 2 fully saturated rings. The quantitative estimate of drug-likeness (QED) is 0.743. The Kier molecular flexibility index (Phi) is 6.47. The predicted molar refractivity (Wildman–Crippen MR) is 115 cm³/mol. The van der Waals surface area contributed by atoms with Crippen LogP contribution < -0.4 is 10.2 Å². The zero-order valence-electron chi connectivity index (χ0n) is 16.4. The molecule has 2 aromatic rings. The fourth-order valence-corrected chi connectivity index (χ4v) is 4.40. The smallest absolute Gasteiger partial charge is 0.252 e. The van der Waals surface area contributed by atoms with Gasteiger partial charge in [0.1, 0.15) is 5.82 Å². The number of carbonyl (C=O) groups excluding carboxylic acids is 1. The number of anilines is 1. The molecule has 4 rings (SSSR count). The van der Waals surface area contributed by atoms with Crippen molar-refractivity contribution in [2.75, 3.05) is 51.0 Å². The number of nitrogens with one attached hydrogen (secondary N) is 1. The minimum atomic E-state index is -0.112. The van der Waals surface area contributed by atoms with Gasteiger partial charge in [0, 0.05) is 48.9 Å². The first kappa shape index (κ1) is 20.3. The van der Waals surface area contributed by atoms with Crippen LogP contribution in [-0.4, -0.2) is 57.0 Å². The average Bonchev–Trinajstić information content (AvgIpc) is 2.79. The van der Waals surface area contributed by atoms with Gasteiger partial charge in [0.2, 0.25) is 0 Å². The summed E-state index contributed by atoms with van der Waals surface area (Å²) in [6.45, 7) is 5.08. The van der Waals surface area contributed by atoms with Crippen molar-refractivity contribution < 1.29 is 14.3 Å². The van der Waals surface area contributed by atoms with Gasteiger partial charge < -0.3 is 19.7 Å². The van der Waals surface area contributed by atoms with Gasteiger partial charge in [-0.1, -0.05) is 28.1 Å². The summed E-state index contributed by atoms with van der Waals surface area (Å²) >= 11 is 3.57. The van der Waals surface area contributed by atoms with Crippen LogP contribution in [0.25, 0.3) is 0 Å². The van der Waals surface area contributed by atoms with Gasteiger partial charge in [-0.25, -0.2) is 4.98 Å². The highest BCUT2D eigenvalue weighted by atomic mass is 79.9. The van der Waals surface area contributed by atoms with Crippen LogP contribution in [0.1, 0.15) is 28.8 Å². The first-order valence-corrected chi connectivity index (χ1v) is 10.9. The van der Waals surface area contributed by atoms with E-state index in [0.717, 1.165) is 36.2 Å². The van der Waals surface area contributed by atoms with E-state index in [0.29, 0.717) is 38.5 Å². The normalized spacial score (nSPS) is 19.0. The van der Waals surface area contributed by atoms with E-state index in [1.807, 2.05) is 24.3 Å². The second kappa shape index (κ2) is 9.24. The van der Waals surface area contributed by atoms with Crippen LogP contribution in [0.15, 0.2) is 47.1 Å². The second-order valence-electron chi connectivity index (χ2n) is 7.59. The van der Waals surface area contributed by atoms with E-state index in [4.69, 9.17) is 9.47 Å². The lowest BCUT2D eigenvalue weighted by Gasteiger charge is -2.38. The van der Waals surface area contributed by atoms with E-state index in [1.165, 1.54) is 5.56 Å². The number of benzene rings is 1. The SMILES string of the molecule is O=C(NCC1(c2cccc(Br)c2)CCOCC1)c1ccc(N2CCOCC2)nc1. The highest BCUT2D eigenvalue weighted by molar-refractivity contribution is 9.10. The molecule has 2 aliphatic rings. The number of carbonyl (C=O) groups is 1. The van der Waals surface area contributed by atoms with Crippen molar-refractivity contribution in [3.05, 3.63) is 58.2 Å². The van der Waals surface area contributed by atoms with E-state index in [-0.39, 0.29) is 11.3 Å². The summed E-state index contributed by atoms with van der Waals surface area (Å²) in [5.41, 5.74) is 1.70. The number of halogens is 1. The number of amides is 1. The van der Waals surface area contributed by atoms with Gasteiger partial charge in [0.25, 0.3) is 5.91 Å². The molecule has 0 unspecified atom stereocenters. The zero-order valence-corrected chi connectivity index (χ0v) is 18.0. The Bertz CT molecular complexity index is 831. The van der Waals surface area contributed by atoms with Crippen LogP contribution in [0.3, 0.4) is 0 Å². The number of hydrogen-bond donors (Lipinski definition) is 1. The Morgan fingerprint density at radius 2 is 1.86 bits per heavy atom. The van der Waals surface area contributed by atoms with Gasteiger partial charge in [-0.2, -0.15) is 0 Å². The van der Waals surface area contributed by atoms with Crippen LogP contribution in [-0.2, 0) is 14.9 Å². The van der Waals surface area contributed by atoms with Gasteiger partial charge in [0.05, 0.1) is 18.8 Å². The Hall–Kier alpha value is -1.96. The number of nitrogens with zero attached hydrogens (tertiary/aromatic N) is 2. The molecule has 0 saturated carbocycles. The number of aromatic nitrogens is 1. The summed E-state index contributed by atoms with van der Waals surface area (Å²) in [5.74, 6) is 0.798. The van der Waals surface area contributed by atoms with Gasteiger partial charge in [-0.3, -0.25) is 4.79 Å². The molecule has 0 spiro atoms. The topological polar surface area (TPSA) is 63.7 Å². The lowest BCUT2D eigenvalue weighted by atomic mass is 9.74. The standard InChI is InChI=1S/C22H26BrN3O3/c23-19-3-1-2-18(14-19)22(6-10-28-11-7-22)16-25-21(27)17-4-5-20(24-15-17)26-8-12-29-13-9-26/h1-5,14-15H,6-13,16H2,(H,25,27). The third kappa shape index (κ3) is 4.79. The third-order valence-corrected chi connectivity index (χ3v) is 6.31. The summed E-state index contributed by atoms with van der Waals surface area (Å²) < 4.78 is 12.0. The second-order valence-corrected chi connectivity index (χ2v) is 8.51. The largest absolute Gasteiger partial charge is 0.381 e. The maximum Gasteiger partial charge on any atom is 0.252 e. The molecule has 1 amide bonds. The molecule has 2 saturated heterocycles. The Morgan fingerprint density at radius 3 is 2.55 bits per heavy atom. The van der Waals surface area contributed by atoms with E-state index < -0.39 is 0 Å². The molecular weight excluding hydrogens is 434 g/mol. The molecule has 0 radical (unpaired) electrons. The van der Waals surface area contributed by atoms with Crippen molar-refractivity contribution in [2.24, 2.45) is 0 Å². The van der Waals surface area contributed by atoms with Crippen molar-refractivity contribution >= 4 is 27.7 Å². The highest BCUT2D eigenvalue weighted by Crippen LogP contribution is 2.35. The summed E-state index contributed by atoms with van der Waals surface area (Å²) in [6.07, 6.45) is 3.44. The number of ether oxygens (including phenoxy) is 2. The Morgan fingerprint density at radius 1 is 1.10 bits per heavy atom.